The molecule has 1 aromatic rings. The molecule has 96 valence electrons. The van der Waals surface area contributed by atoms with E-state index in [0.717, 1.165) is 25.1 Å². The van der Waals surface area contributed by atoms with Gasteiger partial charge in [0.15, 0.2) is 0 Å². The van der Waals surface area contributed by atoms with Gasteiger partial charge >= 0.3 is 5.97 Å². The molecule has 1 aromatic heterocycles. The topological polar surface area (TPSA) is 62.9 Å². The van der Waals surface area contributed by atoms with Crippen LogP contribution in [0.15, 0.2) is 16.7 Å². The van der Waals surface area contributed by atoms with Gasteiger partial charge in [-0.1, -0.05) is 6.92 Å². The minimum Gasteiger partial charge on any atom is -0.463 e. The van der Waals surface area contributed by atoms with Crippen LogP contribution in [0.3, 0.4) is 0 Å². The fraction of sp³-hybridized carbons (Fsp3) is 0.583. The zero-order valence-electron chi connectivity index (χ0n) is 10.3. The second-order valence-corrected chi connectivity index (χ2v) is 3.71. The molecule has 0 aliphatic heterocycles. The predicted molar refractivity (Wildman–Crippen MR) is 62.7 cm³/mol. The van der Waals surface area contributed by atoms with Crippen LogP contribution in [-0.2, 0) is 11.3 Å². The molecule has 0 saturated heterocycles. The predicted octanol–water partition coefficient (Wildman–Crippen LogP) is 1.27. The van der Waals surface area contributed by atoms with E-state index in [0.29, 0.717) is 6.54 Å². The quantitative estimate of drug-likeness (QED) is 0.728. The Kier molecular flexibility index (Phi) is 5.72. The van der Waals surface area contributed by atoms with E-state index >= 15 is 0 Å². The van der Waals surface area contributed by atoms with Crippen molar-refractivity contribution in [3.8, 4) is 0 Å². The van der Waals surface area contributed by atoms with Gasteiger partial charge < -0.3 is 14.3 Å². The van der Waals surface area contributed by atoms with Crippen molar-refractivity contribution in [1.82, 2.24) is 4.90 Å². The molecule has 0 aromatic carbocycles. The number of furan rings is 1. The highest BCUT2D eigenvalue weighted by Crippen LogP contribution is 2.14. The largest absolute Gasteiger partial charge is 0.463 e. The van der Waals surface area contributed by atoms with E-state index in [1.54, 1.807) is 6.07 Å². The number of hydrogen-bond acceptors (Lipinski definition) is 5. The van der Waals surface area contributed by atoms with E-state index in [9.17, 15) is 4.79 Å². The van der Waals surface area contributed by atoms with Gasteiger partial charge in [0.2, 0.25) is 5.76 Å². The van der Waals surface area contributed by atoms with Crippen LogP contribution in [0.25, 0.3) is 0 Å². The average molecular weight is 241 g/mol. The maximum Gasteiger partial charge on any atom is 0.374 e. The summed E-state index contributed by atoms with van der Waals surface area (Å²) in [5.74, 6) is -0.196. The van der Waals surface area contributed by atoms with Crippen LogP contribution in [0.5, 0.6) is 0 Å². The molecule has 0 amide bonds. The number of carbonyl (C=O) groups is 1. The molecule has 1 N–H and O–H groups in total. The normalized spacial score (nSPS) is 10.8. The summed E-state index contributed by atoms with van der Waals surface area (Å²) in [6.45, 7) is 4.48. The Morgan fingerprint density at radius 1 is 1.59 bits per heavy atom. The number of hydrogen-bond donors (Lipinski definition) is 1. The summed E-state index contributed by atoms with van der Waals surface area (Å²) in [6, 6.07) is 1.77. The molecule has 0 aliphatic carbocycles. The smallest absolute Gasteiger partial charge is 0.374 e. The zero-order valence-corrected chi connectivity index (χ0v) is 10.3. The van der Waals surface area contributed by atoms with Gasteiger partial charge in [-0.25, -0.2) is 4.79 Å². The van der Waals surface area contributed by atoms with E-state index in [1.165, 1.54) is 13.4 Å². The molecule has 0 fully saturated rings. The first-order valence-electron chi connectivity index (χ1n) is 5.70. The Morgan fingerprint density at radius 2 is 2.35 bits per heavy atom. The molecular formula is C12H19NO4. The number of rotatable bonds is 7. The van der Waals surface area contributed by atoms with E-state index in [1.807, 2.05) is 6.92 Å². The summed E-state index contributed by atoms with van der Waals surface area (Å²) in [4.78, 5) is 13.5. The minimum absolute atomic E-state index is 0.172. The van der Waals surface area contributed by atoms with Crippen molar-refractivity contribution in [3.63, 3.8) is 0 Å². The highest BCUT2D eigenvalue weighted by atomic mass is 16.5. The number of aliphatic hydroxyl groups excluding tert-OH is 1. The van der Waals surface area contributed by atoms with Gasteiger partial charge in [-0.2, -0.15) is 0 Å². The Hall–Kier alpha value is -1.33. The third-order valence-electron chi connectivity index (χ3n) is 2.59. The monoisotopic (exact) mass is 241 g/mol. The molecule has 0 bridgehead atoms. The molecule has 0 unspecified atom stereocenters. The summed E-state index contributed by atoms with van der Waals surface area (Å²) in [5.41, 5.74) is 0.816. The summed E-state index contributed by atoms with van der Waals surface area (Å²) in [6.07, 6.45) is 2.21. The second-order valence-electron chi connectivity index (χ2n) is 3.71. The van der Waals surface area contributed by atoms with Gasteiger partial charge in [-0.3, -0.25) is 4.90 Å². The molecule has 0 saturated carbocycles. The molecule has 5 nitrogen and oxygen atoms in total. The summed E-state index contributed by atoms with van der Waals surface area (Å²) in [7, 11) is 1.33. The van der Waals surface area contributed by atoms with Crippen LogP contribution in [0.2, 0.25) is 0 Å². The lowest BCUT2D eigenvalue weighted by atomic mass is 10.2. The number of nitrogens with zero attached hydrogens (tertiary/aromatic N) is 1. The molecular weight excluding hydrogens is 222 g/mol. The lowest BCUT2D eigenvalue weighted by Gasteiger charge is -2.19. The maximum absolute atomic E-state index is 11.4. The van der Waals surface area contributed by atoms with Gasteiger partial charge in [-0.15, -0.1) is 0 Å². The second kappa shape index (κ2) is 7.09. The van der Waals surface area contributed by atoms with E-state index < -0.39 is 5.97 Å². The number of carbonyl (C=O) groups excluding carboxylic acids is 1. The van der Waals surface area contributed by atoms with Crippen LogP contribution in [0, 0.1) is 0 Å². The SMILES string of the molecule is CCN(CCCO)Cc1ccoc1C(=O)OC. The molecule has 17 heavy (non-hydrogen) atoms. The first kappa shape index (κ1) is 13.7. The molecule has 0 radical (unpaired) electrons. The third-order valence-corrected chi connectivity index (χ3v) is 2.59. The highest BCUT2D eigenvalue weighted by Gasteiger charge is 2.17. The number of methoxy groups -OCH3 is 1. The van der Waals surface area contributed by atoms with Crippen LogP contribution in [0.1, 0.15) is 29.5 Å². The first-order valence-corrected chi connectivity index (χ1v) is 5.70. The highest BCUT2D eigenvalue weighted by molar-refractivity contribution is 5.87. The van der Waals surface area contributed by atoms with Crippen LogP contribution >= 0.6 is 0 Å². The van der Waals surface area contributed by atoms with Crippen molar-refractivity contribution in [3.05, 3.63) is 23.7 Å². The fourth-order valence-electron chi connectivity index (χ4n) is 1.62. The number of ether oxygens (including phenoxy) is 1. The fourth-order valence-corrected chi connectivity index (χ4v) is 1.62. The van der Waals surface area contributed by atoms with Crippen molar-refractivity contribution in [2.24, 2.45) is 0 Å². The van der Waals surface area contributed by atoms with E-state index in [2.05, 4.69) is 9.64 Å². The van der Waals surface area contributed by atoms with Crippen LogP contribution < -0.4 is 0 Å². The number of aliphatic hydroxyl groups is 1. The molecule has 1 rings (SSSR count). The summed E-state index contributed by atoms with van der Waals surface area (Å²) in [5, 5.41) is 8.80. The summed E-state index contributed by atoms with van der Waals surface area (Å²) < 4.78 is 9.76. The van der Waals surface area contributed by atoms with Gasteiger partial charge in [-0.05, 0) is 19.0 Å². The van der Waals surface area contributed by atoms with Crippen molar-refractivity contribution in [2.75, 3.05) is 26.8 Å². The average Bonchev–Trinajstić information content (AvgIpc) is 2.81. The molecule has 5 heteroatoms. The van der Waals surface area contributed by atoms with Crippen molar-refractivity contribution in [1.29, 1.82) is 0 Å². The maximum atomic E-state index is 11.4. The standard InChI is InChI=1S/C12H19NO4/c1-3-13(6-4-7-14)9-10-5-8-17-11(10)12(15)16-2/h5,8,14H,3-4,6-7,9H2,1-2H3. The van der Waals surface area contributed by atoms with E-state index in [4.69, 9.17) is 9.52 Å². The first-order chi connectivity index (χ1) is 8.22. The molecule has 0 atom stereocenters. The van der Waals surface area contributed by atoms with Gasteiger partial charge in [0, 0.05) is 25.3 Å². The van der Waals surface area contributed by atoms with Gasteiger partial charge in [0.1, 0.15) is 0 Å². The van der Waals surface area contributed by atoms with Crippen molar-refractivity contribution >= 4 is 5.97 Å². The number of esters is 1. The zero-order chi connectivity index (χ0) is 12.7. The van der Waals surface area contributed by atoms with Crippen molar-refractivity contribution in [2.45, 2.75) is 19.9 Å². The third kappa shape index (κ3) is 3.87. The Bertz CT molecular complexity index is 348. The Balaban J connectivity index is 2.66. The Labute approximate surface area is 101 Å². The van der Waals surface area contributed by atoms with Gasteiger partial charge in [0.25, 0.3) is 0 Å². The van der Waals surface area contributed by atoms with Gasteiger partial charge in [0.05, 0.1) is 13.4 Å². The van der Waals surface area contributed by atoms with E-state index in [-0.39, 0.29) is 12.4 Å². The lowest BCUT2D eigenvalue weighted by Crippen LogP contribution is -2.25. The van der Waals surface area contributed by atoms with Crippen LogP contribution in [0.4, 0.5) is 0 Å². The lowest BCUT2D eigenvalue weighted by molar-refractivity contribution is 0.0561. The Morgan fingerprint density at radius 3 is 2.94 bits per heavy atom. The van der Waals surface area contributed by atoms with Crippen molar-refractivity contribution < 1.29 is 19.1 Å². The summed E-state index contributed by atoms with van der Waals surface area (Å²) >= 11 is 0. The molecule has 1 heterocycles. The molecule has 0 aliphatic rings. The molecule has 0 spiro atoms. The minimum atomic E-state index is -0.455. The van der Waals surface area contributed by atoms with Crippen LogP contribution in [-0.4, -0.2) is 42.8 Å².